The van der Waals surface area contributed by atoms with Gasteiger partial charge in [0.1, 0.15) is 17.0 Å². The smallest absolute Gasteiger partial charge is 0.325 e. The molecule has 0 aliphatic heterocycles. The summed E-state index contributed by atoms with van der Waals surface area (Å²) in [5.74, 6) is 4.01. The Balaban J connectivity index is 2.08. The van der Waals surface area contributed by atoms with Crippen molar-refractivity contribution in [3.05, 3.63) is 44.4 Å². The second-order valence-corrected chi connectivity index (χ2v) is 6.67. The first-order valence-corrected chi connectivity index (χ1v) is 7.89. The van der Waals surface area contributed by atoms with Crippen LogP contribution in [0.3, 0.4) is 0 Å². The van der Waals surface area contributed by atoms with E-state index in [0.717, 1.165) is 0 Å². The van der Waals surface area contributed by atoms with Gasteiger partial charge < -0.3 is 10.1 Å². The van der Waals surface area contributed by atoms with Crippen LogP contribution in [0.25, 0.3) is 11.3 Å². The summed E-state index contributed by atoms with van der Waals surface area (Å²) < 4.78 is 26.0. The van der Waals surface area contributed by atoms with Gasteiger partial charge in [0.2, 0.25) is 6.43 Å². The first-order valence-electron chi connectivity index (χ1n) is 7.89. The van der Waals surface area contributed by atoms with E-state index < -0.39 is 35.1 Å². The minimum atomic E-state index is -2.47. The molecular formula is C17H16F2N4O3. The lowest BCUT2D eigenvalue weighted by molar-refractivity contribution is 0.120. The summed E-state index contributed by atoms with van der Waals surface area (Å²) in [4.78, 5) is 27.5. The third kappa shape index (κ3) is 3.86. The molecule has 1 aliphatic carbocycles. The van der Waals surface area contributed by atoms with Gasteiger partial charge in [-0.2, -0.15) is 0 Å². The van der Waals surface area contributed by atoms with Crippen LogP contribution in [0.2, 0.25) is 0 Å². The number of nitrogens with one attached hydrogen (secondary N) is 2. The van der Waals surface area contributed by atoms with Gasteiger partial charge >= 0.3 is 5.69 Å². The van der Waals surface area contributed by atoms with E-state index in [1.54, 1.807) is 0 Å². The maximum absolute atomic E-state index is 13.0. The molecule has 0 unspecified atom stereocenters. The molecule has 9 heteroatoms. The number of rotatable bonds is 3. The van der Waals surface area contributed by atoms with Crippen LogP contribution in [0.1, 0.15) is 37.4 Å². The number of nitrogens with zero attached hydrogens (tertiary/aromatic N) is 2. The summed E-state index contributed by atoms with van der Waals surface area (Å²) in [5.41, 5.74) is -1.77. The topological polar surface area (TPSA) is 112 Å². The Bertz CT molecular complexity index is 1010. The molecule has 2 heterocycles. The Morgan fingerprint density at radius 3 is 2.65 bits per heavy atom. The SMILES string of the molecule is CC(C)(O)C#Cc1nnc(-c2c[nH]c(=O)[nH]c2=O)cc1[C@H]1C[C@@H]1C(F)F. The van der Waals surface area contributed by atoms with Gasteiger partial charge in [0.15, 0.2) is 0 Å². The molecule has 136 valence electrons. The molecule has 7 nitrogen and oxygen atoms in total. The number of hydrogen-bond donors (Lipinski definition) is 3. The van der Waals surface area contributed by atoms with Gasteiger partial charge in [-0.15, -0.1) is 10.2 Å². The number of aromatic amines is 2. The lowest BCUT2D eigenvalue weighted by atomic mass is 10.0. The van der Waals surface area contributed by atoms with Gasteiger partial charge in [0, 0.05) is 12.1 Å². The number of H-pyrrole nitrogens is 2. The number of hydrogen-bond acceptors (Lipinski definition) is 5. The third-order valence-electron chi connectivity index (χ3n) is 3.97. The van der Waals surface area contributed by atoms with Gasteiger partial charge in [0.05, 0.1) is 5.56 Å². The van der Waals surface area contributed by atoms with Gasteiger partial charge in [-0.3, -0.25) is 9.78 Å². The fraction of sp³-hybridized carbons (Fsp3) is 0.412. The predicted octanol–water partition coefficient (Wildman–Crippen LogP) is 1.01. The Morgan fingerprint density at radius 2 is 2.08 bits per heavy atom. The summed E-state index contributed by atoms with van der Waals surface area (Å²) in [6.07, 6.45) is -1.00. The van der Waals surface area contributed by atoms with Crippen molar-refractivity contribution in [2.24, 2.45) is 5.92 Å². The molecule has 0 saturated heterocycles. The number of alkyl halides is 2. The van der Waals surface area contributed by atoms with E-state index in [9.17, 15) is 23.5 Å². The maximum Gasteiger partial charge on any atom is 0.325 e. The lowest BCUT2D eigenvalue weighted by Crippen LogP contribution is -2.23. The molecule has 0 aromatic carbocycles. The minimum Gasteiger partial charge on any atom is -0.378 e. The van der Waals surface area contributed by atoms with Crippen molar-refractivity contribution in [1.82, 2.24) is 20.2 Å². The quantitative estimate of drug-likeness (QED) is 0.706. The monoisotopic (exact) mass is 362 g/mol. The normalized spacial score (nSPS) is 19.2. The molecular weight excluding hydrogens is 346 g/mol. The lowest BCUT2D eigenvalue weighted by Gasteiger charge is -2.08. The van der Waals surface area contributed by atoms with E-state index in [0.29, 0.717) is 5.56 Å². The Hall–Kier alpha value is -2.86. The highest BCUT2D eigenvalue weighted by atomic mass is 19.3. The van der Waals surface area contributed by atoms with E-state index >= 15 is 0 Å². The first kappa shape index (κ1) is 17.9. The molecule has 1 fully saturated rings. The van der Waals surface area contributed by atoms with Crippen molar-refractivity contribution < 1.29 is 13.9 Å². The van der Waals surface area contributed by atoms with Crippen LogP contribution in [0.15, 0.2) is 21.9 Å². The Labute approximate surface area is 146 Å². The average molecular weight is 362 g/mol. The molecule has 2 atom stereocenters. The van der Waals surface area contributed by atoms with Crippen LogP contribution >= 0.6 is 0 Å². The highest BCUT2D eigenvalue weighted by Crippen LogP contribution is 2.51. The summed E-state index contributed by atoms with van der Waals surface area (Å²) in [7, 11) is 0. The van der Waals surface area contributed by atoms with Crippen LogP contribution in [-0.4, -0.2) is 37.3 Å². The van der Waals surface area contributed by atoms with Crippen LogP contribution in [-0.2, 0) is 0 Å². The highest BCUT2D eigenvalue weighted by Gasteiger charge is 2.46. The fourth-order valence-corrected chi connectivity index (χ4v) is 2.58. The molecule has 0 spiro atoms. The van der Waals surface area contributed by atoms with E-state index in [4.69, 9.17) is 0 Å². The molecule has 3 rings (SSSR count). The van der Waals surface area contributed by atoms with E-state index in [1.165, 1.54) is 26.1 Å². The largest absolute Gasteiger partial charge is 0.378 e. The van der Waals surface area contributed by atoms with Gasteiger partial charge in [-0.05, 0) is 43.7 Å². The molecule has 26 heavy (non-hydrogen) atoms. The van der Waals surface area contributed by atoms with Gasteiger partial charge in [0.25, 0.3) is 5.56 Å². The summed E-state index contributed by atoms with van der Waals surface area (Å²) in [6.45, 7) is 2.97. The van der Waals surface area contributed by atoms with Crippen molar-refractivity contribution in [1.29, 1.82) is 0 Å². The van der Waals surface area contributed by atoms with E-state index in [2.05, 4.69) is 32.0 Å². The zero-order chi connectivity index (χ0) is 19.1. The Morgan fingerprint density at radius 1 is 1.35 bits per heavy atom. The van der Waals surface area contributed by atoms with Gasteiger partial charge in [-0.1, -0.05) is 5.92 Å². The molecule has 0 bridgehead atoms. The average Bonchev–Trinajstić information content (AvgIpc) is 3.33. The van der Waals surface area contributed by atoms with E-state index in [1.807, 2.05) is 0 Å². The van der Waals surface area contributed by atoms with Crippen LogP contribution in [0.5, 0.6) is 0 Å². The minimum absolute atomic E-state index is 0.0644. The number of aliphatic hydroxyl groups is 1. The predicted molar refractivity (Wildman–Crippen MR) is 88.7 cm³/mol. The molecule has 2 aromatic heterocycles. The van der Waals surface area contributed by atoms with E-state index in [-0.39, 0.29) is 23.4 Å². The van der Waals surface area contributed by atoms with Gasteiger partial charge in [-0.25, -0.2) is 13.6 Å². The summed E-state index contributed by atoms with van der Waals surface area (Å²) in [5, 5.41) is 17.6. The standard InChI is InChI=1S/C17H16F2N4O3/c1-17(2,26)4-3-12-9(8-5-10(8)14(18)19)6-13(23-22-12)11-7-20-16(25)21-15(11)24/h6-8,10,14,26H,5H2,1-2H3,(H2,20,21,24,25)/t8-,10+/m1/s1. The summed E-state index contributed by atoms with van der Waals surface area (Å²) >= 11 is 0. The maximum atomic E-state index is 13.0. The van der Waals surface area contributed by atoms with Crippen molar-refractivity contribution >= 4 is 0 Å². The van der Waals surface area contributed by atoms with Crippen molar-refractivity contribution in [2.75, 3.05) is 0 Å². The second-order valence-electron chi connectivity index (χ2n) is 6.67. The molecule has 1 aliphatic rings. The second kappa shape index (κ2) is 6.46. The number of aromatic nitrogens is 4. The van der Waals surface area contributed by atoms with Crippen molar-refractivity contribution in [3.8, 4) is 23.1 Å². The highest BCUT2D eigenvalue weighted by molar-refractivity contribution is 5.59. The first-order chi connectivity index (χ1) is 12.2. The van der Waals surface area contributed by atoms with Crippen molar-refractivity contribution in [3.63, 3.8) is 0 Å². The van der Waals surface area contributed by atoms with Crippen LogP contribution < -0.4 is 11.2 Å². The zero-order valence-electron chi connectivity index (χ0n) is 14.0. The van der Waals surface area contributed by atoms with Crippen LogP contribution in [0.4, 0.5) is 8.78 Å². The molecule has 0 radical (unpaired) electrons. The molecule has 1 saturated carbocycles. The van der Waals surface area contributed by atoms with Crippen LogP contribution in [0, 0.1) is 17.8 Å². The van der Waals surface area contributed by atoms with Crippen molar-refractivity contribution in [2.45, 2.75) is 38.2 Å². The zero-order valence-corrected chi connectivity index (χ0v) is 14.0. The molecule has 3 N–H and O–H groups in total. The molecule has 0 amide bonds. The molecule has 2 aromatic rings. The number of halogens is 2. The Kier molecular flexibility index (Phi) is 4.46. The third-order valence-corrected chi connectivity index (χ3v) is 3.97. The summed E-state index contributed by atoms with van der Waals surface area (Å²) in [6, 6.07) is 1.48. The fourth-order valence-electron chi connectivity index (χ4n) is 2.58.